The van der Waals surface area contributed by atoms with Crippen molar-refractivity contribution in [3.8, 4) is 0 Å². The molecule has 0 amide bonds. The van der Waals surface area contributed by atoms with E-state index < -0.39 is 0 Å². The Bertz CT molecular complexity index is 277. The largest absolute Gasteiger partial charge is 0.469 e. The Morgan fingerprint density at radius 2 is 2.00 bits per heavy atom. The smallest absolute Gasteiger partial charge is 0.309 e. The molecule has 0 bridgehead atoms. The maximum Gasteiger partial charge on any atom is 0.309 e. The predicted molar refractivity (Wildman–Crippen MR) is 71.4 cm³/mol. The maximum atomic E-state index is 11.4. The van der Waals surface area contributed by atoms with Crippen molar-refractivity contribution in [2.24, 2.45) is 5.92 Å². The highest BCUT2D eigenvalue weighted by Gasteiger charge is 2.30. The summed E-state index contributed by atoms with van der Waals surface area (Å²) >= 11 is 0. The second-order valence-electron chi connectivity index (χ2n) is 5.72. The molecule has 0 N–H and O–H groups in total. The number of ether oxygens (including phenoxy) is 1. The number of likely N-dealkylation sites (tertiary alicyclic amines) is 2. The molecule has 2 saturated heterocycles. The number of hydrogen-bond donors (Lipinski definition) is 0. The molecular formula is C14H26N2O2. The third-order valence-electron chi connectivity index (χ3n) is 4.29. The van der Waals surface area contributed by atoms with Crippen molar-refractivity contribution in [2.45, 2.75) is 38.6 Å². The summed E-state index contributed by atoms with van der Waals surface area (Å²) in [6.07, 6.45) is 5.37. The summed E-state index contributed by atoms with van der Waals surface area (Å²) in [5.74, 6) is -0.0912. The van der Waals surface area contributed by atoms with Gasteiger partial charge in [-0.25, -0.2) is 0 Å². The van der Waals surface area contributed by atoms with Crippen LogP contribution in [0.4, 0.5) is 0 Å². The van der Waals surface area contributed by atoms with Crippen LogP contribution in [0.25, 0.3) is 0 Å². The number of rotatable bonds is 4. The minimum absolute atomic E-state index is 0.00453. The molecule has 4 heteroatoms. The van der Waals surface area contributed by atoms with Gasteiger partial charge in [0.15, 0.2) is 0 Å². The number of carbonyl (C=O) groups is 1. The zero-order valence-corrected chi connectivity index (χ0v) is 11.7. The van der Waals surface area contributed by atoms with Crippen LogP contribution >= 0.6 is 0 Å². The molecule has 0 aliphatic carbocycles. The summed E-state index contributed by atoms with van der Waals surface area (Å²) in [5, 5.41) is 0. The normalized spacial score (nSPS) is 28.2. The Morgan fingerprint density at radius 3 is 2.67 bits per heavy atom. The third kappa shape index (κ3) is 3.45. The Labute approximate surface area is 110 Å². The van der Waals surface area contributed by atoms with Crippen LogP contribution in [0, 0.1) is 5.92 Å². The minimum Gasteiger partial charge on any atom is -0.469 e. The zero-order chi connectivity index (χ0) is 13.0. The van der Waals surface area contributed by atoms with Gasteiger partial charge >= 0.3 is 5.97 Å². The molecule has 2 heterocycles. The van der Waals surface area contributed by atoms with Gasteiger partial charge in [0.25, 0.3) is 0 Å². The fraction of sp³-hybridized carbons (Fsp3) is 0.929. The van der Waals surface area contributed by atoms with Crippen LogP contribution in [0.3, 0.4) is 0 Å². The van der Waals surface area contributed by atoms with E-state index in [0.717, 1.165) is 25.7 Å². The van der Waals surface area contributed by atoms with E-state index in [1.54, 1.807) is 0 Å². The first kappa shape index (κ1) is 13.8. The molecule has 0 radical (unpaired) electrons. The van der Waals surface area contributed by atoms with E-state index in [4.69, 9.17) is 4.74 Å². The minimum atomic E-state index is -0.0866. The molecular weight excluding hydrogens is 228 g/mol. The quantitative estimate of drug-likeness (QED) is 0.709. The fourth-order valence-electron chi connectivity index (χ4n) is 3.22. The number of piperidine rings is 1. The third-order valence-corrected chi connectivity index (χ3v) is 4.29. The molecule has 2 rings (SSSR count). The summed E-state index contributed by atoms with van der Waals surface area (Å²) in [4.78, 5) is 16.5. The zero-order valence-electron chi connectivity index (χ0n) is 11.7. The van der Waals surface area contributed by atoms with E-state index in [1.807, 2.05) is 6.92 Å². The second kappa shape index (κ2) is 6.53. The van der Waals surface area contributed by atoms with E-state index >= 15 is 0 Å². The summed E-state index contributed by atoms with van der Waals surface area (Å²) in [5.41, 5.74) is 0. The first-order valence-corrected chi connectivity index (χ1v) is 7.25. The lowest BCUT2D eigenvalue weighted by Crippen LogP contribution is -2.41. The highest BCUT2D eigenvalue weighted by Crippen LogP contribution is 2.20. The number of methoxy groups -OCH3 is 1. The molecule has 4 nitrogen and oxygen atoms in total. The first-order valence-electron chi connectivity index (χ1n) is 7.25. The standard InChI is InChI=1S/C14H26N2O2/c1-12(14(17)18-2)10-15-9-6-13(11-15)16-7-4-3-5-8-16/h12-13H,3-11H2,1-2H3. The Kier molecular flexibility index (Phi) is 5.01. The molecule has 0 aromatic rings. The molecule has 2 unspecified atom stereocenters. The van der Waals surface area contributed by atoms with Crippen molar-refractivity contribution >= 4 is 5.97 Å². The SMILES string of the molecule is COC(=O)C(C)CN1CCC(N2CCCCC2)C1. The summed E-state index contributed by atoms with van der Waals surface area (Å²) in [6.45, 7) is 7.59. The van der Waals surface area contributed by atoms with Crippen LogP contribution in [0.5, 0.6) is 0 Å². The van der Waals surface area contributed by atoms with Crippen LogP contribution in [0.15, 0.2) is 0 Å². The second-order valence-corrected chi connectivity index (χ2v) is 5.72. The van der Waals surface area contributed by atoms with Gasteiger partial charge in [0.2, 0.25) is 0 Å². The predicted octanol–water partition coefficient (Wildman–Crippen LogP) is 1.36. The van der Waals surface area contributed by atoms with Gasteiger partial charge in [0, 0.05) is 19.1 Å². The summed E-state index contributed by atoms with van der Waals surface area (Å²) in [6, 6.07) is 0.718. The molecule has 2 atom stereocenters. The van der Waals surface area contributed by atoms with E-state index in [9.17, 15) is 4.79 Å². The van der Waals surface area contributed by atoms with Gasteiger partial charge < -0.3 is 9.64 Å². The average Bonchev–Trinajstić information content (AvgIpc) is 2.87. The molecule has 2 aliphatic heterocycles. The van der Waals surface area contributed by atoms with Gasteiger partial charge in [-0.1, -0.05) is 13.3 Å². The number of carbonyl (C=O) groups excluding carboxylic acids is 1. The maximum absolute atomic E-state index is 11.4. The summed E-state index contributed by atoms with van der Waals surface area (Å²) < 4.78 is 4.79. The van der Waals surface area contributed by atoms with Gasteiger partial charge in [-0.3, -0.25) is 9.69 Å². The van der Waals surface area contributed by atoms with Gasteiger partial charge in [-0.2, -0.15) is 0 Å². The molecule has 2 fully saturated rings. The number of esters is 1. The van der Waals surface area contributed by atoms with Crippen molar-refractivity contribution in [1.82, 2.24) is 9.80 Å². The molecule has 2 aliphatic rings. The van der Waals surface area contributed by atoms with Crippen molar-refractivity contribution < 1.29 is 9.53 Å². The fourth-order valence-corrected chi connectivity index (χ4v) is 3.22. The van der Waals surface area contributed by atoms with Crippen LogP contribution in [0.1, 0.15) is 32.6 Å². The lowest BCUT2D eigenvalue weighted by atomic mass is 10.1. The first-order chi connectivity index (χ1) is 8.70. The monoisotopic (exact) mass is 254 g/mol. The topological polar surface area (TPSA) is 32.8 Å². The van der Waals surface area contributed by atoms with E-state index in [-0.39, 0.29) is 11.9 Å². The van der Waals surface area contributed by atoms with E-state index in [1.165, 1.54) is 45.9 Å². The lowest BCUT2D eigenvalue weighted by molar-refractivity contribution is -0.145. The molecule has 104 valence electrons. The van der Waals surface area contributed by atoms with Gasteiger partial charge in [0.1, 0.15) is 0 Å². The van der Waals surface area contributed by atoms with E-state index in [2.05, 4.69) is 9.80 Å². The Hall–Kier alpha value is -0.610. The number of nitrogens with zero attached hydrogens (tertiary/aromatic N) is 2. The molecule has 0 aromatic heterocycles. The lowest BCUT2D eigenvalue weighted by Gasteiger charge is -2.32. The van der Waals surface area contributed by atoms with Crippen molar-refractivity contribution in [3.63, 3.8) is 0 Å². The van der Waals surface area contributed by atoms with Crippen LogP contribution < -0.4 is 0 Å². The molecule has 18 heavy (non-hydrogen) atoms. The summed E-state index contributed by atoms with van der Waals surface area (Å²) in [7, 11) is 1.47. The molecule has 0 saturated carbocycles. The van der Waals surface area contributed by atoms with Crippen LogP contribution in [0.2, 0.25) is 0 Å². The van der Waals surface area contributed by atoms with Gasteiger partial charge in [-0.15, -0.1) is 0 Å². The van der Waals surface area contributed by atoms with Crippen molar-refractivity contribution in [1.29, 1.82) is 0 Å². The Balaban J connectivity index is 1.75. The van der Waals surface area contributed by atoms with Crippen molar-refractivity contribution in [3.05, 3.63) is 0 Å². The number of hydrogen-bond acceptors (Lipinski definition) is 4. The van der Waals surface area contributed by atoms with E-state index in [0.29, 0.717) is 0 Å². The molecule has 0 aromatic carbocycles. The van der Waals surface area contributed by atoms with Crippen molar-refractivity contribution in [2.75, 3.05) is 39.8 Å². The van der Waals surface area contributed by atoms with Gasteiger partial charge in [0.05, 0.1) is 13.0 Å². The highest BCUT2D eigenvalue weighted by atomic mass is 16.5. The highest BCUT2D eigenvalue weighted by molar-refractivity contribution is 5.72. The van der Waals surface area contributed by atoms with Crippen LogP contribution in [-0.2, 0) is 9.53 Å². The Morgan fingerprint density at radius 1 is 1.28 bits per heavy atom. The average molecular weight is 254 g/mol. The van der Waals surface area contributed by atoms with Gasteiger partial charge in [-0.05, 0) is 38.9 Å². The molecule has 0 spiro atoms. The van der Waals surface area contributed by atoms with Crippen LogP contribution in [-0.4, -0.2) is 61.6 Å².